The molecule has 0 radical (unpaired) electrons. The Kier molecular flexibility index (Phi) is 4.98. The van der Waals surface area contributed by atoms with Gasteiger partial charge < -0.3 is 14.8 Å². The molecule has 2 unspecified atom stereocenters. The standard InChI is InChI=1S/C16H21FN2O2/c1-11(13-7-6-12(17)9-15(13)20)18-10-14(19(2)3)16-5-4-8-21-16/h4-9,11,14,18,20H,10H2,1-3H3. The fourth-order valence-corrected chi connectivity index (χ4v) is 2.30. The summed E-state index contributed by atoms with van der Waals surface area (Å²) in [6, 6.07) is 7.87. The number of hydrogen-bond donors (Lipinski definition) is 2. The summed E-state index contributed by atoms with van der Waals surface area (Å²) in [7, 11) is 3.96. The highest BCUT2D eigenvalue weighted by molar-refractivity contribution is 5.34. The minimum atomic E-state index is -0.440. The molecule has 2 aromatic rings. The van der Waals surface area contributed by atoms with Gasteiger partial charge in [0.15, 0.2) is 0 Å². The van der Waals surface area contributed by atoms with Gasteiger partial charge in [0.25, 0.3) is 0 Å². The second-order valence-electron chi connectivity index (χ2n) is 5.33. The van der Waals surface area contributed by atoms with Crippen molar-refractivity contribution in [3.63, 3.8) is 0 Å². The van der Waals surface area contributed by atoms with E-state index in [9.17, 15) is 9.50 Å². The largest absolute Gasteiger partial charge is 0.508 e. The summed E-state index contributed by atoms with van der Waals surface area (Å²) in [6.07, 6.45) is 1.65. The van der Waals surface area contributed by atoms with E-state index in [0.717, 1.165) is 11.8 Å². The van der Waals surface area contributed by atoms with Crippen molar-refractivity contribution in [1.82, 2.24) is 10.2 Å². The molecule has 21 heavy (non-hydrogen) atoms. The van der Waals surface area contributed by atoms with Gasteiger partial charge in [0.2, 0.25) is 0 Å². The quantitative estimate of drug-likeness (QED) is 0.859. The van der Waals surface area contributed by atoms with Crippen LogP contribution in [0.15, 0.2) is 41.0 Å². The van der Waals surface area contributed by atoms with E-state index in [1.54, 1.807) is 12.3 Å². The SMILES string of the molecule is CC(NCC(c1ccco1)N(C)C)c1ccc(F)cc1O. The third-order valence-corrected chi connectivity index (χ3v) is 3.57. The maximum Gasteiger partial charge on any atom is 0.126 e. The second kappa shape index (κ2) is 6.74. The average molecular weight is 292 g/mol. The smallest absolute Gasteiger partial charge is 0.126 e. The Bertz CT molecular complexity index is 570. The number of likely N-dealkylation sites (N-methyl/N-ethyl adjacent to an activating group) is 1. The molecule has 0 amide bonds. The first-order valence-corrected chi connectivity index (χ1v) is 6.90. The number of phenols is 1. The van der Waals surface area contributed by atoms with E-state index in [0.29, 0.717) is 12.1 Å². The molecule has 1 aromatic carbocycles. The summed E-state index contributed by atoms with van der Waals surface area (Å²) in [4.78, 5) is 2.06. The molecule has 0 aliphatic rings. The van der Waals surface area contributed by atoms with Crippen molar-refractivity contribution in [2.45, 2.75) is 19.0 Å². The lowest BCUT2D eigenvalue weighted by Crippen LogP contribution is -2.32. The zero-order valence-corrected chi connectivity index (χ0v) is 12.5. The number of hydrogen-bond acceptors (Lipinski definition) is 4. The van der Waals surface area contributed by atoms with Gasteiger partial charge in [-0.2, -0.15) is 0 Å². The Morgan fingerprint density at radius 1 is 1.33 bits per heavy atom. The first kappa shape index (κ1) is 15.5. The summed E-state index contributed by atoms with van der Waals surface area (Å²) in [5.41, 5.74) is 0.674. The second-order valence-corrected chi connectivity index (χ2v) is 5.33. The van der Waals surface area contributed by atoms with Crippen LogP contribution in [0.25, 0.3) is 0 Å². The van der Waals surface area contributed by atoms with Crippen LogP contribution >= 0.6 is 0 Å². The molecule has 0 bridgehead atoms. The number of benzene rings is 1. The molecule has 2 rings (SSSR count). The fraction of sp³-hybridized carbons (Fsp3) is 0.375. The van der Waals surface area contributed by atoms with Gasteiger partial charge in [0.05, 0.1) is 12.3 Å². The topological polar surface area (TPSA) is 48.6 Å². The van der Waals surface area contributed by atoms with Crippen LogP contribution in [0.1, 0.15) is 30.3 Å². The third-order valence-electron chi connectivity index (χ3n) is 3.57. The van der Waals surface area contributed by atoms with E-state index in [4.69, 9.17) is 4.42 Å². The van der Waals surface area contributed by atoms with E-state index >= 15 is 0 Å². The molecule has 0 saturated heterocycles. The summed E-state index contributed by atoms with van der Waals surface area (Å²) < 4.78 is 18.5. The van der Waals surface area contributed by atoms with Crippen molar-refractivity contribution in [3.8, 4) is 5.75 Å². The number of nitrogens with zero attached hydrogens (tertiary/aromatic N) is 1. The normalized spacial score (nSPS) is 14.3. The zero-order valence-electron chi connectivity index (χ0n) is 12.5. The fourth-order valence-electron chi connectivity index (χ4n) is 2.30. The Morgan fingerprint density at radius 3 is 2.67 bits per heavy atom. The lowest BCUT2D eigenvalue weighted by Gasteiger charge is -2.25. The van der Waals surface area contributed by atoms with Crippen molar-refractivity contribution in [1.29, 1.82) is 0 Å². The van der Waals surface area contributed by atoms with E-state index in [2.05, 4.69) is 10.2 Å². The molecule has 2 N–H and O–H groups in total. The Morgan fingerprint density at radius 2 is 2.10 bits per heavy atom. The molecule has 0 aliphatic carbocycles. The first-order valence-electron chi connectivity index (χ1n) is 6.90. The van der Waals surface area contributed by atoms with E-state index in [1.165, 1.54) is 6.07 Å². The van der Waals surface area contributed by atoms with Gasteiger partial charge in [-0.05, 0) is 39.2 Å². The molecular weight excluding hydrogens is 271 g/mol. The molecule has 5 heteroatoms. The number of rotatable bonds is 6. The van der Waals surface area contributed by atoms with Crippen LogP contribution in [0.5, 0.6) is 5.75 Å². The van der Waals surface area contributed by atoms with Gasteiger partial charge in [0.1, 0.15) is 17.3 Å². The van der Waals surface area contributed by atoms with Crippen molar-refractivity contribution in [2.24, 2.45) is 0 Å². The number of aromatic hydroxyl groups is 1. The van der Waals surface area contributed by atoms with Crippen LogP contribution in [0.2, 0.25) is 0 Å². The summed E-state index contributed by atoms with van der Waals surface area (Å²) >= 11 is 0. The molecule has 0 saturated carbocycles. The third kappa shape index (κ3) is 3.83. The van der Waals surface area contributed by atoms with Crippen LogP contribution in [0.3, 0.4) is 0 Å². The summed E-state index contributed by atoms with van der Waals surface area (Å²) in [6.45, 7) is 2.58. The Hall–Kier alpha value is -1.85. The Labute approximate surface area is 124 Å². The maximum atomic E-state index is 13.0. The van der Waals surface area contributed by atoms with Crippen LogP contribution in [-0.2, 0) is 0 Å². The van der Waals surface area contributed by atoms with Crippen LogP contribution in [0, 0.1) is 5.82 Å². The first-order chi connectivity index (χ1) is 9.99. The van der Waals surface area contributed by atoms with Crippen molar-refractivity contribution in [3.05, 3.63) is 53.7 Å². The predicted molar refractivity (Wildman–Crippen MR) is 79.6 cm³/mol. The molecule has 2 atom stereocenters. The van der Waals surface area contributed by atoms with Crippen LogP contribution in [-0.4, -0.2) is 30.6 Å². The van der Waals surface area contributed by atoms with E-state index in [1.807, 2.05) is 33.2 Å². The predicted octanol–water partition coefficient (Wildman–Crippen LogP) is 3.08. The average Bonchev–Trinajstić information content (AvgIpc) is 2.92. The number of phenolic OH excluding ortho intramolecular Hbond substituents is 1. The zero-order chi connectivity index (χ0) is 15.4. The Balaban J connectivity index is 2.03. The van der Waals surface area contributed by atoms with Gasteiger partial charge in [-0.3, -0.25) is 4.90 Å². The lowest BCUT2D eigenvalue weighted by atomic mass is 10.1. The maximum absolute atomic E-state index is 13.0. The number of nitrogens with one attached hydrogen (secondary N) is 1. The minimum Gasteiger partial charge on any atom is -0.508 e. The molecule has 0 aliphatic heterocycles. The molecule has 0 spiro atoms. The molecular formula is C16H21FN2O2. The highest BCUT2D eigenvalue weighted by Gasteiger charge is 2.19. The highest BCUT2D eigenvalue weighted by atomic mass is 19.1. The minimum absolute atomic E-state index is 0.0330. The number of furan rings is 1. The van der Waals surface area contributed by atoms with Gasteiger partial charge in [-0.15, -0.1) is 0 Å². The van der Waals surface area contributed by atoms with Gasteiger partial charge in [-0.25, -0.2) is 4.39 Å². The van der Waals surface area contributed by atoms with Gasteiger partial charge in [0, 0.05) is 24.2 Å². The molecule has 1 aromatic heterocycles. The van der Waals surface area contributed by atoms with Gasteiger partial charge in [-0.1, -0.05) is 6.07 Å². The monoisotopic (exact) mass is 292 g/mol. The van der Waals surface area contributed by atoms with Gasteiger partial charge >= 0.3 is 0 Å². The van der Waals surface area contributed by atoms with Crippen molar-refractivity contribution >= 4 is 0 Å². The van der Waals surface area contributed by atoms with E-state index < -0.39 is 5.82 Å². The van der Waals surface area contributed by atoms with Crippen LogP contribution in [0.4, 0.5) is 4.39 Å². The summed E-state index contributed by atoms with van der Waals surface area (Å²) in [5.74, 6) is 0.405. The molecule has 1 heterocycles. The van der Waals surface area contributed by atoms with Crippen molar-refractivity contribution < 1.29 is 13.9 Å². The van der Waals surface area contributed by atoms with Crippen LogP contribution < -0.4 is 5.32 Å². The summed E-state index contributed by atoms with van der Waals surface area (Å²) in [5, 5.41) is 13.2. The molecule has 0 fully saturated rings. The highest BCUT2D eigenvalue weighted by Crippen LogP contribution is 2.26. The molecule has 4 nitrogen and oxygen atoms in total. The number of halogens is 1. The lowest BCUT2D eigenvalue weighted by molar-refractivity contribution is 0.245. The van der Waals surface area contributed by atoms with E-state index in [-0.39, 0.29) is 17.8 Å². The molecule has 114 valence electrons. The van der Waals surface area contributed by atoms with Crippen molar-refractivity contribution in [2.75, 3.05) is 20.6 Å².